The Hall–Kier alpha value is -2.76. The fraction of sp³-hybridized carbons (Fsp3) is 0.133. The molecule has 0 heterocycles. The minimum Gasteiger partial charge on any atom is -0.326 e. The van der Waals surface area contributed by atoms with Gasteiger partial charge < -0.3 is 5.32 Å². The van der Waals surface area contributed by atoms with Gasteiger partial charge in [-0.3, -0.25) is 14.9 Å². The zero-order valence-electron chi connectivity index (χ0n) is 11.3. The van der Waals surface area contributed by atoms with Crippen molar-refractivity contribution in [2.45, 2.75) is 13.3 Å². The van der Waals surface area contributed by atoms with Crippen LogP contribution >= 0.6 is 0 Å². The molecule has 2 aromatic carbocycles. The lowest BCUT2D eigenvalue weighted by Gasteiger charge is -2.06. The smallest absolute Gasteiger partial charge is 0.274 e. The molecular formula is C15H13FN2O3. The first-order chi connectivity index (χ1) is 9.95. The molecule has 0 aliphatic rings. The number of rotatable bonds is 4. The van der Waals surface area contributed by atoms with E-state index < -0.39 is 10.7 Å². The molecule has 1 N–H and O–H groups in total. The summed E-state index contributed by atoms with van der Waals surface area (Å²) in [6.07, 6.45) is -0.000561. The molecule has 0 saturated heterocycles. The molecule has 0 aliphatic carbocycles. The molecule has 0 fully saturated rings. The van der Waals surface area contributed by atoms with E-state index in [2.05, 4.69) is 5.32 Å². The van der Waals surface area contributed by atoms with Crippen molar-refractivity contribution in [3.05, 3.63) is 69.5 Å². The molecule has 5 nitrogen and oxygen atoms in total. The second-order valence-corrected chi connectivity index (χ2v) is 4.61. The first-order valence-electron chi connectivity index (χ1n) is 6.25. The Morgan fingerprint density at radius 2 is 2.05 bits per heavy atom. The lowest BCUT2D eigenvalue weighted by Crippen LogP contribution is -2.14. The minimum atomic E-state index is -0.502. The standard InChI is InChI=1S/C15H13FN2O3/c1-10-5-6-13(9-14(10)18(20)21)17-15(19)8-11-3-2-4-12(16)7-11/h2-7,9H,8H2,1H3,(H,17,19). The number of hydrogen-bond donors (Lipinski definition) is 1. The Morgan fingerprint density at radius 3 is 2.71 bits per heavy atom. The monoisotopic (exact) mass is 288 g/mol. The maximum atomic E-state index is 13.0. The number of carbonyl (C=O) groups excluding carboxylic acids is 1. The summed E-state index contributed by atoms with van der Waals surface area (Å²) >= 11 is 0. The predicted octanol–water partition coefficient (Wildman–Crippen LogP) is 3.22. The zero-order chi connectivity index (χ0) is 15.4. The third kappa shape index (κ3) is 3.85. The van der Waals surface area contributed by atoms with E-state index in [1.54, 1.807) is 25.1 Å². The van der Waals surface area contributed by atoms with Crippen LogP contribution in [0, 0.1) is 22.9 Å². The summed E-state index contributed by atoms with van der Waals surface area (Å²) in [4.78, 5) is 22.2. The molecule has 0 unspecified atom stereocenters. The SMILES string of the molecule is Cc1ccc(NC(=O)Cc2cccc(F)c2)cc1[N+](=O)[O-]. The van der Waals surface area contributed by atoms with Gasteiger partial charge in [0.05, 0.1) is 11.3 Å². The van der Waals surface area contributed by atoms with Crippen molar-refractivity contribution >= 4 is 17.3 Å². The number of benzene rings is 2. The molecule has 0 aliphatic heterocycles. The fourth-order valence-corrected chi connectivity index (χ4v) is 1.92. The molecule has 0 atom stereocenters. The molecule has 108 valence electrons. The van der Waals surface area contributed by atoms with Crippen molar-refractivity contribution < 1.29 is 14.1 Å². The number of hydrogen-bond acceptors (Lipinski definition) is 3. The van der Waals surface area contributed by atoms with Crippen LogP contribution < -0.4 is 5.32 Å². The van der Waals surface area contributed by atoms with Crippen LogP contribution in [0.1, 0.15) is 11.1 Å². The average Bonchev–Trinajstić information content (AvgIpc) is 2.40. The van der Waals surface area contributed by atoms with Crippen molar-refractivity contribution in [3.8, 4) is 0 Å². The van der Waals surface area contributed by atoms with Gasteiger partial charge in [-0.05, 0) is 30.7 Å². The third-order valence-electron chi connectivity index (χ3n) is 2.94. The highest BCUT2D eigenvalue weighted by Gasteiger charge is 2.12. The van der Waals surface area contributed by atoms with Crippen molar-refractivity contribution in [2.75, 3.05) is 5.32 Å². The minimum absolute atomic E-state index is 0.000561. The van der Waals surface area contributed by atoms with E-state index in [-0.39, 0.29) is 18.0 Å². The maximum Gasteiger partial charge on any atom is 0.274 e. The van der Waals surface area contributed by atoms with Crippen LogP contribution in [0.25, 0.3) is 0 Å². The number of anilines is 1. The fourth-order valence-electron chi connectivity index (χ4n) is 1.92. The van der Waals surface area contributed by atoms with E-state index in [1.165, 1.54) is 24.3 Å². The normalized spacial score (nSPS) is 10.2. The number of nitrogens with one attached hydrogen (secondary N) is 1. The number of nitro groups is 1. The first-order valence-corrected chi connectivity index (χ1v) is 6.25. The van der Waals surface area contributed by atoms with Crippen LogP contribution in [-0.4, -0.2) is 10.8 Å². The highest BCUT2D eigenvalue weighted by Crippen LogP contribution is 2.22. The van der Waals surface area contributed by atoms with E-state index in [9.17, 15) is 19.3 Å². The van der Waals surface area contributed by atoms with Gasteiger partial charge in [-0.1, -0.05) is 18.2 Å². The van der Waals surface area contributed by atoms with Gasteiger partial charge in [-0.2, -0.15) is 0 Å². The molecular weight excluding hydrogens is 275 g/mol. The summed E-state index contributed by atoms with van der Waals surface area (Å²) in [5.74, 6) is -0.773. The second kappa shape index (κ2) is 6.13. The van der Waals surface area contributed by atoms with Crippen LogP contribution in [0.15, 0.2) is 42.5 Å². The van der Waals surface area contributed by atoms with E-state index in [4.69, 9.17) is 0 Å². The van der Waals surface area contributed by atoms with E-state index in [0.29, 0.717) is 16.8 Å². The number of amides is 1. The number of nitro benzene ring substituents is 1. The topological polar surface area (TPSA) is 72.2 Å². The van der Waals surface area contributed by atoms with Crippen LogP contribution in [0.5, 0.6) is 0 Å². The van der Waals surface area contributed by atoms with E-state index in [1.807, 2.05) is 0 Å². The summed E-state index contributed by atoms with van der Waals surface area (Å²) in [6.45, 7) is 1.62. The van der Waals surface area contributed by atoms with Gasteiger partial charge in [0.2, 0.25) is 5.91 Å². The molecule has 0 aromatic heterocycles. The Labute approximate surface area is 120 Å². The molecule has 0 saturated carbocycles. The van der Waals surface area contributed by atoms with Gasteiger partial charge in [-0.15, -0.1) is 0 Å². The number of aryl methyl sites for hydroxylation is 1. The van der Waals surface area contributed by atoms with Gasteiger partial charge in [0.1, 0.15) is 5.82 Å². The Balaban J connectivity index is 2.09. The predicted molar refractivity (Wildman–Crippen MR) is 76.6 cm³/mol. The molecule has 0 bridgehead atoms. The van der Waals surface area contributed by atoms with E-state index >= 15 is 0 Å². The Bertz CT molecular complexity index is 701. The average molecular weight is 288 g/mol. The van der Waals surface area contributed by atoms with Crippen molar-refractivity contribution in [2.24, 2.45) is 0 Å². The zero-order valence-corrected chi connectivity index (χ0v) is 11.3. The number of halogens is 1. The van der Waals surface area contributed by atoms with Gasteiger partial charge in [0.25, 0.3) is 5.69 Å². The molecule has 6 heteroatoms. The molecule has 0 spiro atoms. The van der Waals surface area contributed by atoms with Crippen molar-refractivity contribution in [3.63, 3.8) is 0 Å². The molecule has 1 amide bonds. The van der Waals surface area contributed by atoms with Crippen LogP contribution in [0.3, 0.4) is 0 Å². The summed E-state index contributed by atoms with van der Waals surface area (Å²) in [6, 6.07) is 10.2. The van der Waals surface area contributed by atoms with Gasteiger partial charge >= 0.3 is 0 Å². The van der Waals surface area contributed by atoms with Crippen LogP contribution in [0.2, 0.25) is 0 Å². The lowest BCUT2D eigenvalue weighted by atomic mass is 10.1. The summed E-state index contributed by atoms with van der Waals surface area (Å²) in [5, 5.41) is 13.4. The Kier molecular flexibility index (Phi) is 4.27. The molecule has 2 aromatic rings. The summed E-state index contributed by atoms with van der Waals surface area (Å²) in [7, 11) is 0. The second-order valence-electron chi connectivity index (χ2n) is 4.61. The largest absolute Gasteiger partial charge is 0.326 e. The quantitative estimate of drug-likeness (QED) is 0.693. The Morgan fingerprint density at radius 1 is 1.29 bits per heavy atom. The highest BCUT2D eigenvalue weighted by molar-refractivity contribution is 5.92. The third-order valence-corrected chi connectivity index (χ3v) is 2.94. The van der Waals surface area contributed by atoms with Gasteiger partial charge in [0.15, 0.2) is 0 Å². The van der Waals surface area contributed by atoms with E-state index in [0.717, 1.165) is 0 Å². The van der Waals surface area contributed by atoms with Crippen molar-refractivity contribution in [1.82, 2.24) is 0 Å². The number of nitrogens with zero attached hydrogens (tertiary/aromatic N) is 1. The lowest BCUT2D eigenvalue weighted by molar-refractivity contribution is -0.385. The first kappa shape index (κ1) is 14.6. The molecule has 2 rings (SSSR count). The maximum absolute atomic E-state index is 13.0. The summed E-state index contributed by atoms with van der Waals surface area (Å²) in [5.41, 5.74) is 1.34. The molecule has 21 heavy (non-hydrogen) atoms. The molecule has 0 radical (unpaired) electrons. The van der Waals surface area contributed by atoms with Gasteiger partial charge in [-0.25, -0.2) is 4.39 Å². The summed E-state index contributed by atoms with van der Waals surface area (Å²) < 4.78 is 13.0. The van der Waals surface area contributed by atoms with Crippen LogP contribution in [-0.2, 0) is 11.2 Å². The van der Waals surface area contributed by atoms with Crippen LogP contribution in [0.4, 0.5) is 15.8 Å². The number of carbonyl (C=O) groups is 1. The van der Waals surface area contributed by atoms with Crippen molar-refractivity contribution in [1.29, 1.82) is 0 Å². The highest BCUT2D eigenvalue weighted by atomic mass is 19.1. The van der Waals surface area contributed by atoms with Gasteiger partial charge in [0, 0.05) is 17.3 Å².